The van der Waals surface area contributed by atoms with Crippen molar-refractivity contribution >= 4 is 11.8 Å². The molecule has 23 heavy (non-hydrogen) atoms. The number of carbonyl (C=O) groups excluding carboxylic acids is 2. The number of hydrogen-bond donors (Lipinski definition) is 1. The lowest BCUT2D eigenvalue weighted by Crippen LogP contribution is -2.34. The lowest BCUT2D eigenvalue weighted by Gasteiger charge is -2.19. The Balaban J connectivity index is 1.49. The number of aliphatic hydroxyl groups is 1. The van der Waals surface area contributed by atoms with Gasteiger partial charge in [0.2, 0.25) is 11.8 Å². The number of nitrogens with zero attached hydrogens (tertiary/aromatic N) is 2. The summed E-state index contributed by atoms with van der Waals surface area (Å²) in [5.41, 5.74) is 0. The molecule has 124 valence electrons. The van der Waals surface area contributed by atoms with Gasteiger partial charge in [-0.2, -0.15) is 0 Å². The SMILES string of the molecule is O=C1CCCN1CCC(=O)N1C[C@@H](O)[C@H](Oc2ccccc2)C1. The Hall–Kier alpha value is -2.08. The maximum atomic E-state index is 12.3. The summed E-state index contributed by atoms with van der Waals surface area (Å²) in [6.45, 7) is 1.87. The molecule has 3 rings (SSSR count). The molecule has 0 saturated carbocycles. The van der Waals surface area contributed by atoms with Gasteiger partial charge in [-0.1, -0.05) is 18.2 Å². The van der Waals surface area contributed by atoms with Crippen LogP contribution in [0.3, 0.4) is 0 Å². The number of para-hydroxylation sites is 1. The summed E-state index contributed by atoms with van der Waals surface area (Å²) in [6, 6.07) is 9.29. The highest BCUT2D eigenvalue weighted by atomic mass is 16.5. The fraction of sp³-hybridized carbons (Fsp3) is 0.529. The Morgan fingerprint density at radius 1 is 1.26 bits per heavy atom. The molecule has 2 amide bonds. The minimum atomic E-state index is -0.687. The van der Waals surface area contributed by atoms with Gasteiger partial charge in [-0.25, -0.2) is 0 Å². The van der Waals surface area contributed by atoms with Crippen LogP contribution in [0.4, 0.5) is 0 Å². The van der Waals surface area contributed by atoms with Gasteiger partial charge in [0.05, 0.1) is 13.1 Å². The molecule has 6 nitrogen and oxygen atoms in total. The van der Waals surface area contributed by atoms with E-state index < -0.39 is 12.2 Å². The van der Waals surface area contributed by atoms with E-state index in [2.05, 4.69) is 0 Å². The van der Waals surface area contributed by atoms with Crippen LogP contribution >= 0.6 is 0 Å². The molecule has 1 aromatic rings. The third kappa shape index (κ3) is 3.82. The van der Waals surface area contributed by atoms with Crippen molar-refractivity contribution in [1.82, 2.24) is 9.80 Å². The van der Waals surface area contributed by atoms with E-state index in [0.29, 0.717) is 31.7 Å². The summed E-state index contributed by atoms with van der Waals surface area (Å²) >= 11 is 0. The molecule has 0 radical (unpaired) electrons. The molecule has 0 unspecified atom stereocenters. The van der Waals surface area contributed by atoms with Crippen molar-refractivity contribution < 1.29 is 19.4 Å². The Bertz CT molecular complexity index is 563. The molecule has 2 atom stereocenters. The standard InChI is InChI=1S/C17H22N2O4/c20-14-11-19(12-15(14)23-13-5-2-1-3-6-13)17(22)8-10-18-9-4-7-16(18)21/h1-3,5-6,14-15,20H,4,7-12H2/t14-,15-/m1/s1. The second kappa shape index (κ2) is 7.00. The summed E-state index contributed by atoms with van der Waals surface area (Å²) in [6.07, 6.45) is 0.671. The molecule has 0 aromatic heterocycles. The van der Waals surface area contributed by atoms with Crippen molar-refractivity contribution in [2.24, 2.45) is 0 Å². The Kier molecular flexibility index (Phi) is 4.81. The third-order valence-electron chi connectivity index (χ3n) is 4.39. The first kappa shape index (κ1) is 15.8. The zero-order valence-electron chi connectivity index (χ0n) is 13.1. The number of aliphatic hydroxyl groups excluding tert-OH is 1. The van der Waals surface area contributed by atoms with Gasteiger partial charge in [0.1, 0.15) is 18.0 Å². The predicted octanol–water partition coefficient (Wildman–Crippen LogP) is 0.650. The summed E-state index contributed by atoms with van der Waals surface area (Å²) in [4.78, 5) is 27.2. The van der Waals surface area contributed by atoms with E-state index in [1.54, 1.807) is 9.80 Å². The predicted molar refractivity (Wildman–Crippen MR) is 83.9 cm³/mol. The molecule has 6 heteroatoms. The van der Waals surface area contributed by atoms with E-state index in [-0.39, 0.29) is 18.4 Å². The molecule has 2 aliphatic heterocycles. The summed E-state index contributed by atoms with van der Waals surface area (Å²) in [5.74, 6) is 0.779. The molecule has 2 saturated heterocycles. The highest BCUT2D eigenvalue weighted by Crippen LogP contribution is 2.19. The van der Waals surface area contributed by atoms with Crippen LogP contribution < -0.4 is 4.74 Å². The molecule has 0 spiro atoms. The van der Waals surface area contributed by atoms with Crippen LogP contribution in [0.1, 0.15) is 19.3 Å². The van der Waals surface area contributed by atoms with Crippen LogP contribution in [0.2, 0.25) is 0 Å². The van der Waals surface area contributed by atoms with Crippen LogP contribution in [-0.4, -0.2) is 65.1 Å². The molecular weight excluding hydrogens is 296 g/mol. The van der Waals surface area contributed by atoms with E-state index in [4.69, 9.17) is 4.74 Å². The molecule has 1 aromatic carbocycles. The van der Waals surface area contributed by atoms with E-state index in [9.17, 15) is 14.7 Å². The van der Waals surface area contributed by atoms with E-state index in [0.717, 1.165) is 13.0 Å². The van der Waals surface area contributed by atoms with Gasteiger partial charge in [-0.3, -0.25) is 9.59 Å². The Morgan fingerprint density at radius 2 is 2.04 bits per heavy atom. The maximum Gasteiger partial charge on any atom is 0.224 e. The molecule has 1 N–H and O–H groups in total. The highest BCUT2D eigenvalue weighted by molar-refractivity contribution is 5.80. The number of carbonyl (C=O) groups is 2. The number of amides is 2. The monoisotopic (exact) mass is 318 g/mol. The molecule has 2 aliphatic rings. The van der Waals surface area contributed by atoms with Crippen molar-refractivity contribution in [3.63, 3.8) is 0 Å². The number of hydrogen-bond acceptors (Lipinski definition) is 4. The zero-order valence-corrected chi connectivity index (χ0v) is 13.1. The third-order valence-corrected chi connectivity index (χ3v) is 4.39. The first-order chi connectivity index (χ1) is 11.1. The molecule has 0 bridgehead atoms. The fourth-order valence-electron chi connectivity index (χ4n) is 3.08. The van der Waals surface area contributed by atoms with Gasteiger partial charge in [-0.05, 0) is 18.6 Å². The van der Waals surface area contributed by atoms with Gasteiger partial charge in [-0.15, -0.1) is 0 Å². The quantitative estimate of drug-likeness (QED) is 0.865. The summed E-state index contributed by atoms with van der Waals surface area (Å²) in [7, 11) is 0. The van der Waals surface area contributed by atoms with Crippen LogP contribution in [0.25, 0.3) is 0 Å². The van der Waals surface area contributed by atoms with Gasteiger partial charge in [0.15, 0.2) is 0 Å². The second-order valence-corrected chi connectivity index (χ2v) is 6.07. The fourth-order valence-corrected chi connectivity index (χ4v) is 3.08. The number of rotatable bonds is 5. The zero-order chi connectivity index (χ0) is 16.2. The first-order valence-electron chi connectivity index (χ1n) is 8.09. The van der Waals surface area contributed by atoms with E-state index in [1.165, 1.54) is 0 Å². The van der Waals surface area contributed by atoms with E-state index in [1.807, 2.05) is 30.3 Å². The van der Waals surface area contributed by atoms with Crippen molar-refractivity contribution in [2.45, 2.75) is 31.5 Å². The van der Waals surface area contributed by atoms with Crippen LogP contribution in [0.15, 0.2) is 30.3 Å². The number of β-amino-alcohol motifs (C(OH)–C–C–N with tert-alkyl or cyclic N) is 1. The largest absolute Gasteiger partial charge is 0.486 e. The van der Waals surface area contributed by atoms with Gasteiger partial charge < -0.3 is 19.6 Å². The van der Waals surface area contributed by atoms with Crippen LogP contribution in [-0.2, 0) is 9.59 Å². The number of benzene rings is 1. The Labute approximate surface area is 135 Å². The van der Waals surface area contributed by atoms with Gasteiger partial charge in [0.25, 0.3) is 0 Å². The number of ether oxygens (including phenoxy) is 1. The molecule has 2 heterocycles. The van der Waals surface area contributed by atoms with Crippen LogP contribution in [0, 0.1) is 0 Å². The maximum absolute atomic E-state index is 12.3. The van der Waals surface area contributed by atoms with Gasteiger partial charge >= 0.3 is 0 Å². The minimum absolute atomic E-state index is 0.0390. The average Bonchev–Trinajstić information content (AvgIpc) is 3.12. The Morgan fingerprint density at radius 3 is 2.74 bits per heavy atom. The smallest absolute Gasteiger partial charge is 0.224 e. The van der Waals surface area contributed by atoms with Crippen LogP contribution in [0.5, 0.6) is 5.75 Å². The van der Waals surface area contributed by atoms with Gasteiger partial charge in [0, 0.05) is 25.9 Å². The highest BCUT2D eigenvalue weighted by Gasteiger charge is 2.35. The number of likely N-dealkylation sites (tertiary alicyclic amines) is 2. The topological polar surface area (TPSA) is 70.1 Å². The summed E-state index contributed by atoms with van der Waals surface area (Å²) in [5, 5.41) is 10.1. The minimum Gasteiger partial charge on any atom is -0.486 e. The van der Waals surface area contributed by atoms with Crippen molar-refractivity contribution in [3.8, 4) is 5.75 Å². The van der Waals surface area contributed by atoms with Crippen molar-refractivity contribution in [2.75, 3.05) is 26.2 Å². The average molecular weight is 318 g/mol. The van der Waals surface area contributed by atoms with Crippen molar-refractivity contribution in [3.05, 3.63) is 30.3 Å². The van der Waals surface area contributed by atoms with E-state index >= 15 is 0 Å². The van der Waals surface area contributed by atoms with Crippen molar-refractivity contribution in [1.29, 1.82) is 0 Å². The molecule has 2 fully saturated rings. The second-order valence-electron chi connectivity index (χ2n) is 6.07. The lowest BCUT2D eigenvalue weighted by molar-refractivity contribution is -0.132. The lowest BCUT2D eigenvalue weighted by atomic mass is 10.2. The first-order valence-corrected chi connectivity index (χ1v) is 8.09. The molecule has 0 aliphatic carbocycles. The normalized spacial score (nSPS) is 24.3. The molecular formula is C17H22N2O4. The summed E-state index contributed by atoms with van der Waals surface area (Å²) < 4.78 is 5.75.